The predicted octanol–water partition coefficient (Wildman–Crippen LogP) is 7.08. The average Bonchev–Trinajstić information content (AvgIpc) is 2.50. The Labute approximate surface area is 158 Å². The van der Waals surface area contributed by atoms with Gasteiger partial charge in [0.1, 0.15) is 0 Å². The van der Waals surface area contributed by atoms with Gasteiger partial charge in [-0.25, -0.2) is 0 Å². The molecular formula is C23H38BP. The van der Waals surface area contributed by atoms with Gasteiger partial charge in [-0.3, -0.25) is 0 Å². The van der Waals surface area contributed by atoms with Crippen molar-refractivity contribution in [3.63, 3.8) is 0 Å². The topological polar surface area (TPSA) is 0 Å². The largest absolute Gasteiger partial charge is 0.182 e. The number of hydrogen-bond acceptors (Lipinski definition) is 0. The smallest absolute Gasteiger partial charge is 0.0912 e. The molecule has 2 aliphatic rings. The van der Waals surface area contributed by atoms with Gasteiger partial charge in [0, 0.05) is 0 Å². The second kappa shape index (κ2) is 7.38. The highest BCUT2D eigenvalue weighted by molar-refractivity contribution is 7.60. The molecule has 2 aliphatic heterocycles. The van der Waals surface area contributed by atoms with E-state index in [4.69, 9.17) is 0 Å². The molecule has 2 heterocycles. The quantitative estimate of drug-likeness (QED) is 0.401. The summed E-state index contributed by atoms with van der Waals surface area (Å²) in [6, 6.07) is 9.55. The van der Waals surface area contributed by atoms with Crippen LogP contribution in [-0.4, -0.2) is 17.0 Å². The zero-order valence-electron chi connectivity index (χ0n) is 17.4. The molecule has 2 saturated heterocycles. The maximum atomic E-state index is 2.50. The number of benzene rings is 1. The van der Waals surface area contributed by atoms with Gasteiger partial charge in [0.2, 0.25) is 0 Å². The van der Waals surface area contributed by atoms with Gasteiger partial charge in [-0.2, -0.15) is 0 Å². The van der Waals surface area contributed by atoms with Crippen molar-refractivity contribution in [2.45, 2.75) is 108 Å². The molecule has 0 aliphatic carbocycles. The lowest BCUT2D eigenvalue weighted by Gasteiger charge is -2.44. The van der Waals surface area contributed by atoms with Crippen LogP contribution in [-0.2, 0) is 6.16 Å². The SMILES string of the molecule is CC(C)(C)P(Cc1ccccc1B1C2CCCC1CCC2)C(C)(C)C. The third-order valence-corrected chi connectivity index (χ3v) is 10.6. The van der Waals surface area contributed by atoms with Crippen LogP contribution in [0.15, 0.2) is 24.3 Å². The van der Waals surface area contributed by atoms with Crippen LogP contribution in [0, 0.1) is 0 Å². The lowest BCUT2D eigenvalue weighted by atomic mass is 9.24. The Kier molecular flexibility index (Phi) is 5.75. The van der Waals surface area contributed by atoms with Crippen molar-refractivity contribution in [1.82, 2.24) is 0 Å². The van der Waals surface area contributed by atoms with Crippen molar-refractivity contribution < 1.29 is 0 Å². The molecule has 25 heavy (non-hydrogen) atoms. The van der Waals surface area contributed by atoms with Gasteiger partial charge in [-0.15, -0.1) is 0 Å². The minimum absolute atomic E-state index is 0.0711. The zero-order chi connectivity index (χ0) is 18.2. The summed E-state index contributed by atoms with van der Waals surface area (Å²) < 4.78 is 0. The minimum atomic E-state index is -0.0711. The Morgan fingerprint density at radius 3 is 1.80 bits per heavy atom. The molecule has 0 spiro atoms. The summed E-state index contributed by atoms with van der Waals surface area (Å²) >= 11 is 0. The van der Waals surface area contributed by atoms with Crippen LogP contribution in [0.5, 0.6) is 0 Å². The highest BCUT2D eigenvalue weighted by Crippen LogP contribution is 2.61. The van der Waals surface area contributed by atoms with Crippen LogP contribution in [0.3, 0.4) is 0 Å². The van der Waals surface area contributed by atoms with E-state index < -0.39 is 0 Å². The fraction of sp³-hybridized carbons (Fsp3) is 0.739. The van der Waals surface area contributed by atoms with E-state index in [1.54, 1.807) is 11.0 Å². The van der Waals surface area contributed by atoms with E-state index in [1.807, 2.05) is 0 Å². The Hall–Kier alpha value is -0.285. The van der Waals surface area contributed by atoms with Crippen molar-refractivity contribution >= 4 is 20.1 Å². The first-order valence-electron chi connectivity index (χ1n) is 10.5. The van der Waals surface area contributed by atoms with E-state index in [9.17, 15) is 0 Å². The van der Waals surface area contributed by atoms with Crippen LogP contribution in [0.1, 0.15) is 85.6 Å². The lowest BCUT2D eigenvalue weighted by molar-refractivity contribution is 0.448. The van der Waals surface area contributed by atoms with Crippen molar-refractivity contribution in [1.29, 1.82) is 0 Å². The Morgan fingerprint density at radius 2 is 1.32 bits per heavy atom. The minimum Gasteiger partial charge on any atom is -0.0912 e. The van der Waals surface area contributed by atoms with Crippen LogP contribution in [0.2, 0.25) is 11.6 Å². The standard InChI is InChI=1S/C23H38BP/c1-22(2,3)25(23(4,5)6)17-18-11-7-8-16-21(18)24-19-12-9-13-20(24)15-10-14-19/h7-8,11,16,19-20H,9-10,12-15,17H2,1-6H3. The third kappa shape index (κ3) is 4.35. The summed E-state index contributed by atoms with van der Waals surface area (Å²) in [5.74, 6) is 1.92. The van der Waals surface area contributed by atoms with Crippen molar-refractivity contribution in [3.05, 3.63) is 29.8 Å². The number of hydrogen-bond donors (Lipinski definition) is 0. The Bertz CT molecular complexity index is 544. The lowest BCUT2D eigenvalue weighted by Crippen LogP contribution is -2.46. The molecule has 1 aromatic carbocycles. The molecule has 0 amide bonds. The van der Waals surface area contributed by atoms with Gasteiger partial charge in [0.15, 0.2) is 6.71 Å². The van der Waals surface area contributed by atoms with Gasteiger partial charge in [0.25, 0.3) is 0 Å². The van der Waals surface area contributed by atoms with Crippen LogP contribution < -0.4 is 5.46 Å². The van der Waals surface area contributed by atoms with Gasteiger partial charge < -0.3 is 0 Å². The molecule has 2 fully saturated rings. The monoisotopic (exact) mass is 356 g/mol. The van der Waals surface area contributed by atoms with E-state index >= 15 is 0 Å². The van der Waals surface area contributed by atoms with Gasteiger partial charge >= 0.3 is 0 Å². The fourth-order valence-electron chi connectivity index (χ4n) is 5.84. The predicted molar refractivity (Wildman–Crippen MR) is 117 cm³/mol. The summed E-state index contributed by atoms with van der Waals surface area (Å²) in [5.41, 5.74) is 3.42. The molecule has 2 heteroatoms. The first-order valence-corrected chi connectivity index (χ1v) is 12.1. The maximum Gasteiger partial charge on any atom is 0.182 e. The zero-order valence-corrected chi connectivity index (χ0v) is 18.3. The molecule has 0 saturated carbocycles. The molecule has 1 aromatic rings. The first kappa shape index (κ1) is 19.5. The van der Waals surface area contributed by atoms with E-state index in [0.717, 1.165) is 18.3 Å². The van der Waals surface area contributed by atoms with Gasteiger partial charge in [0.05, 0.1) is 0 Å². The molecule has 3 rings (SSSR count). The average molecular weight is 356 g/mol. The van der Waals surface area contributed by atoms with Crippen molar-refractivity contribution in [3.8, 4) is 0 Å². The van der Waals surface area contributed by atoms with Crippen molar-refractivity contribution in [2.24, 2.45) is 0 Å². The summed E-state index contributed by atoms with van der Waals surface area (Å²) in [5, 5.41) is 0.812. The molecule has 138 valence electrons. The molecule has 0 radical (unpaired) electrons. The summed E-state index contributed by atoms with van der Waals surface area (Å²) in [6.07, 6.45) is 10.2. The molecule has 0 N–H and O–H groups in total. The fourth-order valence-corrected chi connectivity index (χ4v) is 9.43. The molecule has 0 nitrogen and oxygen atoms in total. The van der Waals surface area contributed by atoms with E-state index in [2.05, 4.69) is 65.8 Å². The third-order valence-electron chi connectivity index (χ3n) is 6.68. The molecular weight excluding hydrogens is 318 g/mol. The van der Waals surface area contributed by atoms with Crippen molar-refractivity contribution in [2.75, 3.05) is 0 Å². The van der Waals surface area contributed by atoms with Crippen LogP contribution in [0.25, 0.3) is 0 Å². The van der Waals surface area contributed by atoms with E-state index in [-0.39, 0.29) is 7.92 Å². The van der Waals surface area contributed by atoms with E-state index in [0.29, 0.717) is 10.3 Å². The maximum absolute atomic E-state index is 2.50. The summed E-state index contributed by atoms with van der Waals surface area (Å²) in [6.45, 7) is 15.6. The van der Waals surface area contributed by atoms with Gasteiger partial charge in [-0.05, 0) is 22.0 Å². The first-order chi connectivity index (χ1) is 11.7. The number of rotatable bonds is 3. The van der Waals surface area contributed by atoms with Gasteiger partial charge in [-0.1, -0.05) is 129 Å². The van der Waals surface area contributed by atoms with E-state index in [1.165, 1.54) is 44.7 Å². The molecule has 0 aromatic heterocycles. The number of fused-ring (bicyclic) bond motifs is 2. The summed E-state index contributed by atoms with van der Waals surface area (Å²) in [4.78, 5) is 0. The second-order valence-corrected chi connectivity index (χ2v) is 14.4. The summed E-state index contributed by atoms with van der Waals surface area (Å²) in [7, 11) is -0.0711. The second-order valence-electron chi connectivity index (χ2n) is 10.5. The normalized spacial score (nSPS) is 24.7. The van der Waals surface area contributed by atoms with Crippen LogP contribution in [0.4, 0.5) is 0 Å². The highest BCUT2D eigenvalue weighted by atomic mass is 31.1. The molecule has 0 atom stereocenters. The molecule has 2 bridgehead atoms. The Morgan fingerprint density at radius 1 is 0.840 bits per heavy atom. The highest BCUT2D eigenvalue weighted by Gasteiger charge is 2.42. The molecule has 0 unspecified atom stereocenters. The Balaban J connectivity index is 1.93. The van der Waals surface area contributed by atoms with Crippen LogP contribution >= 0.6 is 7.92 Å².